The van der Waals surface area contributed by atoms with Crippen LogP contribution in [0.4, 0.5) is 15.5 Å². The fourth-order valence-electron chi connectivity index (χ4n) is 4.24. The van der Waals surface area contributed by atoms with Crippen LogP contribution in [-0.4, -0.2) is 53.3 Å². The van der Waals surface area contributed by atoms with Crippen molar-refractivity contribution in [3.8, 4) is 0 Å². The predicted molar refractivity (Wildman–Crippen MR) is 166 cm³/mol. The number of carbonyl (C=O) groups excluding carboxylic acids is 4. The molecule has 1 atom stereocenters. The number of methoxy groups -OCH3 is 1. The fourth-order valence-corrected chi connectivity index (χ4v) is 6.61. The van der Waals surface area contributed by atoms with Gasteiger partial charge in [-0.25, -0.2) is 9.59 Å². The van der Waals surface area contributed by atoms with Gasteiger partial charge in [0.2, 0.25) is 5.91 Å². The first kappa shape index (κ1) is 31.4. The molecule has 0 fully saturated rings. The summed E-state index contributed by atoms with van der Waals surface area (Å²) in [5.41, 5.74) is 1.47. The van der Waals surface area contributed by atoms with Gasteiger partial charge >= 0.3 is 12.1 Å². The highest BCUT2D eigenvalue weighted by atomic mass is 35.5. The van der Waals surface area contributed by atoms with Crippen molar-refractivity contribution in [2.45, 2.75) is 56.4 Å². The average Bonchev–Trinajstić information content (AvgIpc) is 3.28. The minimum atomic E-state index is -0.627. The number of amides is 3. The molecule has 222 valence electrons. The van der Waals surface area contributed by atoms with Crippen molar-refractivity contribution in [3.63, 3.8) is 0 Å². The van der Waals surface area contributed by atoms with Gasteiger partial charge < -0.3 is 25.0 Å². The van der Waals surface area contributed by atoms with Crippen molar-refractivity contribution in [2.24, 2.45) is 0 Å². The summed E-state index contributed by atoms with van der Waals surface area (Å²) in [6, 6.07) is 13.8. The van der Waals surface area contributed by atoms with Gasteiger partial charge in [-0.15, -0.1) is 23.1 Å². The number of hydrogen-bond donors (Lipinski definition) is 2. The molecule has 0 saturated heterocycles. The molecular weight excluding hydrogens is 598 g/mol. The number of thiophene rings is 1. The maximum Gasteiger partial charge on any atom is 0.410 e. The lowest BCUT2D eigenvalue weighted by Crippen LogP contribution is -2.39. The Bertz CT molecular complexity index is 1520. The molecule has 12 heteroatoms. The van der Waals surface area contributed by atoms with Crippen molar-refractivity contribution >= 4 is 69.3 Å². The van der Waals surface area contributed by atoms with Crippen molar-refractivity contribution in [1.29, 1.82) is 0 Å². The summed E-state index contributed by atoms with van der Waals surface area (Å²) in [4.78, 5) is 54.4. The zero-order valence-corrected chi connectivity index (χ0v) is 26.3. The van der Waals surface area contributed by atoms with E-state index in [1.165, 1.54) is 30.2 Å². The molecule has 0 radical (unpaired) electrons. The minimum Gasteiger partial charge on any atom is -0.465 e. The van der Waals surface area contributed by atoms with Crippen LogP contribution in [0.1, 0.15) is 58.9 Å². The summed E-state index contributed by atoms with van der Waals surface area (Å²) < 4.78 is 10.5. The Morgan fingerprint density at radius 3 is 2.50 bits per heavy atom. The van der Waals surface area contributed by atoms with Crippen LogP contribution in [0.5, 0.6) is 0 Å². The van der Waals surface area contributed by atoms with E-state index in [1.807, 2.05) is 6.07 Å². The molecule has 0 bridgehead atoms. The molecule has 3 amide bonds. The number of nitrogens with one attached hydrogen (secondary N) is 2. The van der Waals surface area contributed by atoms with Gasteiger partial charge in [0.25, 0.3) is 5.91 Å². The highest BCUT2D eigenvalue weighted by Crippen LogP contribution is 2.38. The number of carbonyl (C=O) groups is 4. The summed E-state index contributed by atoms with van der Waals surface area (Å²) in [5, 5.41) is 6.07. The van der Waals surface area contributed by atoms with E-state index in [9.17, 15) is 19.2 Å². The van der Waals surface area contributed by atoms with Crippen molar-refractivity contribution in [2.75, 3.05) is 24.3 Å². The van der Waals surface area contributed by atoms with Crippen LogP contribution in [0.25, 0.3) is 0 Å². The molecule has 1 aromatic heterocycles. The zero-order valence-electron chi connectivity index (χ0n) is 23.9. The molecular formula is C30H32ClN3O6S2. The van der Waals surface area contributed by atoms with E-state index in [-0.39, 0.29) is 18.4 Å². The standard InChI is InChI=1S/C30H32ClN3O6S2/c1-17(41-21-11-7-10-20(15-21)32-26(36)18-8-6-9-19(31)14-18)25(35)33-27-24(28(37)39-5)22-12-13-34(16-23(22)42-27)29(38)40-30(2,3)4/h6-11,14-15,17H,12-13,16H2,1-5H3,(H,32,36)(H,33,35). The number of nitrogens with zero attached hydrogens (tertiary/aromatic N) is 1. The first-order valence-electron chi connectivity index (χ1n) is 13.2. The quantitative estimate of drug-likeness (QED) is 0.217. The van der Waals surface area contributed by atoms with Crippen LogP contribution in [0.15, 0.2) is 53.4 Å². The van der Waals surface area contributed by atoms with Crippen LogP contribution in [0, 0.1) is 0 Å². The Balaban J connectivity index is 1.45. The van der Waals surface area contributed by atoms with E-state index in [4.69, 9.17) is 21.1 Å². The van der Waals surface area contributed by atoms with Crippen LogP contribution >= 0.6 is 34.7 Å². The maximum atomic E-state index is 13.3. The van der Waals surface area contributed by atoms with Gasteiger partial charge in [-0.1, -0.05) is 23.7 Å². The van der Waals surface area contributed by atoms with Crippen molar-refractivity contribution < 1.29 is 28.7 Å². The minimum absolute atomic E-state index is 0.271. The second-order valence-electron chi connectivity index (χ2n) is 10.6. The molecule has 2 aromatic carbocycles. The Kier molecular flexibility index (Phi) is 9.85. The number of anilines is 2. The maximum absolute atomic E-state index is 13.3. The highest BCUT2D eigenvalue weighted by Gasteiger charge is 2.33. The summed E-state index contributed by atoms with van der Waals surface area (Å²) in [6.45, 7) is 7.83. The smallest absolute Gasteiger partial charge is 0.410 e. The molecule has 0 saturated carbocycles. The molecule has 4 rings (SSSR count). The molecule has 0 aliphatic carbocycles. The van der Waals surface area contributed by atoms with E-state index < -0.39 is 22.9 Å². The Morgan fingerprint density at radius 2 is 1.81 bits per heavy atom. The zero-order chi connectivity index (χ0) is 30.6. The van der Waals surface area contributed by atoms with Gasteiger partial charge in [0, 0.05) is 32.6 Å². The number of fused-ring (bicyclic) bond motifs is 1. The fraction of sp³-hybridized carbons (Fsp3) is 0.333. The predicted octanol–water partition coefficient (Wildman–Crippen LogP) is 6.85. The summed E-state index contributed by atoms with van der Waals surface area (Å²) >= 11 is 8.57. The number of hydrogen-bond acceptors (Lipinski definition) is 8. The van der Waals surface area contributed by atoms with Crippen molar-refractivity contribution in [3.05, 3.63) is 75.1 Å². The normalized spacial score (nSPS) is 13.5. The number of benzene rings is 2. The highest BCUT2D eigenvalue weighted by molar-refractivity contribution is 8.00. The first-order chi connectivity index (χ1) is 19.8. The monoisotopic (exact) mass is 629 g/mol. The Labute approximate surface area is 257 Å². The number of halogens is 1. The second-order valence-corrected chi connectivity index (χ2v) is 13.5. The van der Waals surface area contributed by atoms with Gasteiger partial charge in [0.1, 0.15) is 10.6 Å². The van der Waals surface area contributed by atoms with Crippen molar-refractivity contribution in [1.82, 2.24) is 4.90 Å². The lowest BCUT2D eigenvalue weighted by Gasteiger charge is -2.30. The first-order valence-corrected chi connectivity index (χ1v) is 15.3. The molecule has 1 aliphatic rings. The van der Waals surface area contributed by atoms with E-state index in [2.05, 4.69) is 10.6 Å². The van der Waals surface area contributed by atoms with Crippen LogP contribution < -0.4 is 10.6 Å². The molecule has 42 heavy (non-hydrogen) atoms. The van der Waals surface area contributed by atoms with Crippen LogP contribution in [-0.2, 0) is 27.2 Å². The number of thioether (sulfide) groups is 1. The van der Waals surface area contributed by atoms with Gasteiger partial charge in [-0.05, 0) is 76.1 Å². The molecule has 1 aliphatic heterocycles. The molecule has 9 nitrogen and oxygen atoms in total. The number of esters is 1. The number of rotatable bonds is 7. The second kappa shape index (κ2) is 13.2. The van der Waals surface area contributed by atoms with Gasteiger partial charge in [0.05, 0.1) is 24.5 Å². The lowest BCUT2D eigenvalue weighted by atomic mass is 10.0. The van der Waals surface area contributed by atoms with Crippen LogP contribution in [0.2, 0.25) is 5.02 Å². The Hall–Kier alpha value is -3.54. The third-order valence-electron chi connectivity index (χ3n) is 6.20. The van der Waals surface area contributed by atoms with Gasteiger partial charge in [-0.3, -0.25) is 9.59 Å². The molecule has 2 N–H and O–H groups in total. The molecule has 3 aromatic rings. The van der Waals surface area contributed by atoms with E-state index in [1.54, 1.807) is 75.1 Å². The van der Waals surface area contributed by atoms with Crippen LogP contribution in [0.3, 0.4) is 0 Å². The SMILES string of the molecule is COC(=O)c1c(NC(=O)C(C)Sc2cccc(NC(=O)c3cccc(Cl)c3)c2)sc2c1CCN(C(=O)OC(C)(C)C)C2. The van der Waals surface area contributed by atoms with E-state index in [0.717, 1.165) is 15.3 Å². The van der Waals surface area contributed by atoms with E-state index >= 15 is 0 Å². The third kappa shape index (κ3) is 7.84. The number of ether oxygens (including phenoxy) is 2. The molecule has 0 spiro atoms. The largest absolute Gasteiger partial charge is 0.465 e. The topological polar surface area (TPSA) is 114 Å². The third-order valence-corrected chi connectivity index (χ3v) is 8.66. The Morgan fingerprint density at radius 1 is 1.07 bits per heavy atom. The molecule has 1 unspecified atom stereocenters. The summed E-state index contributed by atoms with van der Waals surface area (Å²) in [5.74, 6) is -1.15. The summed E-state index contributed by atoms with van der Waals surface area (Å²) in [6.07, 6.45) is 0.00591. The molecule has 2 heterocycles. The van der Waals surface area contributed by atoms with E-state index in [0.29, 0.717) is 39.8 Å². The lowest BCUT2D eigenvalue weighted by molar-refractivity contribution is -0.115. The van der Waals surface area contributed by atoms with Gasteiger partial charge in [0.15, 0.2) is 0 Å². The average molecular weight is 630 g/mol. The summed E-state index contributed by atoms with van der Waals surface area (Å²) in [7, 11) is 1.30. The van der Waals surface area contributed by atoms with Gasteiger partial charge in [-0.2, -0.15) is 0 Å².